The van der Waals surface area contributed by atoms with E-state index in [1.165, 1.54) is 25.7 Å². The average molecular weight is 371 g/mol. The van der Waals surface area contributed by atoms with E-state index in [1.807, 2.05) is 40.7 Å². The highest BCUT2D eigenvalue weighted by molar-refractivity contribution is 7.16. The third-order valence-corrected chi connectivity index (χ3v) is 5.37. The first-order valence-electron chi connectivity index (χ1n) is 9.43. The lowest BCUT2D eigenvalue weighted by Gasteiger charge is -2.22. The van der Waals surface area contributed by atoms with E-state index in [9.17, 15) is 4.79 Å². The summed E-state index contributed by atoms with van der Waals surface area (Å²) < 4.78 is 6.51. The molecule has 5 heteroatoms. The van der Waals surface area contributed by atoms with Crippen LogP contribution in [0.15, 0.2) is 46.5 Å². The summed E-state index contributed by atoms with van der Waals surface area (Å²) >= 11 is 1.56. The van der Waals surface area contributed by atoms with E-state index in [0.29, 0.717) is 6.54 Å². The van der Waals surface area contributed by atoms with E-state index in [2.05, 4.69) is 11.9 Å². The molecule has 0 saturated carbocycles. The van der Waals surface area contributed by atoms with Crippen LogP contribution in [0, 0.1) is 0 Å². The Bertz CT molecular complexity index is 810. The van der Waals surface area contributed by atoms with Crippen molar-refractivity contribution < 1.29 is 9.21 Å². The molecule has 3 aromatic rings. The Kier molecular flexibility index (Phi) is 6.83. The third kappa shape index (κ3) is 4.94. The molecule has 0 aliphatic carbocycles. The molecule has 0 aliphatic heterocycles. The van der Waals surface area contributed by atoms with Crippen LogP contribution in [-0.2, 0) is 6.54 Å². The number of hydrogen-bond acceptors (Lipinski definition) is 4. The number of rotatable bonds is 10. The molecule has 1 aromatic carbocycles. The number of furan rings is 1. The van der Waals surface area contributed by atoms with Gasteiger partial charge in [-0.2, -0.15) is 0 Å². The lowest BCUT2D eigenvalue weighted by molar-refractivity contribution is 0.0728. The molecule has 0 atom stereocenters. The van der Waals surface area contributed by atoms with Gasteiger partial charge in [0.15, 0.2) is 0 Å². The minimum absolute atomic E-state index is 0.0604. The number of fused-ring (bicyclic) bond motifs is 1. The summed E-state index contributed by atoms with van der Waals surface area (Å²) in [5.41, 5.74) is 3.48. The van der Waals surface area contributed by atoms with Crippen LogP contribution in [0.25, 0.3) is 10.2 Å². The monoisotopic (exact) mass is 370 g/mol. The molecule has 0 radical (unpaired) electrons. The second-order valence-corrected chi connectivity index (χ2v) is 7.50. The molecule has 0 saturated heterocycles. The highest BCUT2D eigenvalue weighted by Crippen LogP contribution is 2.21. The summed E-state index contributed by atoms with van der Waals surface area (Å²) in [5.74, 6) is 0.883. The van der Waals surface area contributed by atoms with Crippen LogP contribution in [0.1, 0.15) is 61.6 Å². The summed E-state index contributed by atoms with van der Waals surface area (Å²) in [6.07, 6.45) is 8.92. The molecule has 0 N–H and O–H groups in total. The first-order chi connectivity index (χ1) is 12.8. The topological polar surface area (TPSA) is 46.3 Å². The van der Waals surface area contributed by atoms with Crippen LogP contribution in [0.5, 0.6) is 0 Å². The number of nitrogens with zero attached hydrogens (tertiary/aromatic N) is 2. The van der Waals surface area contributed by atoms with Gasteiger partial charge >= 0.3 is 0 Å². The van der Waals surface area contributed by atoms with Gasteiger partial charge < -0.3 is 9.32 Å². The highest BCUT2D eigenvalue weighted by Gasteiger charge is 2.17. The number of thiazole rings is 1. The van der Waals surface area contributed by atoms with Crippen molar-refractivity contribution in [1.82, 2.24) is 9.88 Å². The molecule has 1 amide bonds. The van der Waals surface area contributed by atoms with Crippen molar-refractivity contribution in [3.05, 3.63) is 53.4 Å². The third-order valence-electron chi connectivity index (χ3n) is 4.57. The van der Waals surface area contributed by atoms with Crippen LogP contribution in [-0.4, -0.2) is 22.3 Å². The second-order valence-electron chi connectivity index (χ2n) is 6.61. The maximum absolute atomic E-state index is 13.1. The Balaban J connectivity index is 1.65. The summed E-state index contributed by atoms with van der Waals surface area (Å²) in [7, 11) is 0. The second kappa shape index (κ2) is 9.53. The minimum atomic E-state index is 0.0604. The lowest BCUT2D eigenvalue weighted by Crippen LogP contribution is -2.31. The molecule has 3 rings (SSSR count). The van der Waals surface area contributed by atoms with Crippen LogP contribution < -0.4 is 0 Å². The van der Waals surface area contributed by atoms with Gasteiger partial charge in [-0.15, -0.1) is 11.3 Å². The molecule has 0 aliphatic rings. The van der Waals surface area contributed by atoms with Gasteiger partial charge in [-0.3, -0.25) is 4.79 Å². The average Bonchev–Trinajstić information content (AvgIpc) is 3.33. The van der Waals surface area contributed by atoms with Crippen molar-refractivity contribution in [1.29, 1.82) is 0 Å². The van der Waals surface area contributed by atoms with E-state index in [1.54, 1.807) is 17.6 Å². The number of benzene rings is 1. The first kappa shape index (κ1) is 18.6. The van der Waals surface area contributed by atoms with Crippen molar-refractivity contribution in [3.8, 4) is 0 Å². The zero-order valence-electron chi connectivity index (χ0n) is 15.3. The van der Waals surface area contributed by atoms with Gasteiger partial charge in [0.2, 0.25) is 0 Å². The predicted molar refractivity (Wildman–Crippen MR) is 106 cm³/mol. The van der Waals surface area contributed by atoms with Crippen molar-refractivity contribution >= 4 is 27.5 Å². The van der Waals surface area contributed by atoms with Crippen molar-refractivity contribution in [2.75, 3.05) is 6.54 Å². The summed E-state index contributed by atoms with van der Waals surface area (Å²) in [4.78, 5) is 19.3. The van der Waals surface area contributed by atoms with Crippen LogP contribution >= 0.6 is 11.3 Å². The Morgan fingerprint density at radius 3 is 2.81 bits per heavy atom. The largest absolute Gasteiger partial charge is 0.467 e. The maximum Gasteiger partial charge on any atom is 0.254 e. The normalized spacial score (nSPS) is 11.1. The summed E-state index contributed by atoms with van der Waals surface area (Å²) in [5, 5.41) is 0. The fraction of sp³-hybridized carbons (Fsp3) is 0.429. The Labute approximate surface area is 158 Å². The van der Waals surface area contributed by atoms with Crippen LogP contribution in [0.4, 0.5) is 0 Å². The SMILES string of the molecule is CCCCCCCCN(Cc1ccco1)C(=O)c1ccc2ncsc2c1. The van der Waals surface area contributed by atoms with Crippen molar-refractivity contribution in [2.45, 2.75) is 52.0 Å². The van der Waals surface area contributed by atoms with Crippen LogP contribution in [0.2, 0.25) is 0 Å². The van der Waals surface area contributed by atoms with Gasteiger partial charge in [0.05, 0.1) is 28.5 Å². The number of hydrogen-bond donors (Lipinski definition) is 0. The number of amides is 1. The van der Waals surface area contributed by atoms with E-state index in [0.717, 1.165) is 40.9 Å². The predicted octanol–water partition coefficient (Wildman–Crippen LogP) is 5.89. The molecule has 26 heavy (non-hydrogen) atoms. The fourth-order valence-electron chi connectivity index (χ4n) is 3.10. The van der Waals surface area contributed by atoms with Gasteiger partial charge in [-0.25, -0.2) is 4.98 Å². The number of carbonyl (C=O) groups excluding carboxylic acids is 1. The molecule has 2 aromatic heterocycles. The highest BCUT2D eigenvalue weighted by atomic mass is 32.1. The maximum atomic E-state index is 13.1. The van der Waals surface area contributed by atoms with E-state index in [-0.39, 0.29) is 5.91 Å². The lowest BCUT2D eigenvalue weighted by atomic mass is 10.1. The molecule has 2 heterocycles. The summed E-state index contributed by atoms with van der Waals surface area (Å²) in [6, 6.07) is 9.54. The summed E-state index contributed by atoms with van der Waals surface area (Å²) in [6.45, 7) is 3.50. The molecular formula is C21H26N2O2S. The van der Waals surface area contributed by atoms with Gasteiger partial charge in [0.1, 0.15) is 5.76 Å². The standard InChI is InChI=1S/C21H26N2O2S/c1-2-3-4-5-6-7-12-23(15-18-9-8-13-25-18)21(24)17-10-11-19-20(14-17)26-16-22-19/h8-11,13-14,16H,2-7,12,15H2,1H3. The van der Waals surface area contributed by atoms with Gasteiger partial charge in [0, 0.05) is 12.1 Å². The number of unbranched alkanes of at least 4 members (excludes halogenated alkanes) is 5. The molecule has 0 fully saturated rings. The van der Waals surface area contributed by atoms with E-state index < -0.39 is 0 Å². The zero-order valence-corrected chi connectivity index (χ0v) is 16.1. The molecule has 0 unspecified atom stereocenters. The molecule has 4 nitrogen and oxygen atoms in total. The number of carbonyl (C=O) groups is 1. The fourth-order valence-corrected chi connectivity index (χ4v) is 3.81. The number of aromatic nitrogens is 1. The minimum Gasteiger partial charge on any atom is -0.467 e. The molecule has 0 spiro atoms. The zero-order chi connectivity index (χ0) is 18.2. The van der Waals surface area contributed by atoms with Gasteiger partial charge in [-0.1, -0.05) is 39.0 Å². The van der Waals surface area contributed by atoms with Crippen molar-refractivity contribution in [3.63, 3.8) is 0 Å². The molecule has 138 valence electrons. The Morgan fingerprint density at radius 1 is 1.15 bits per heavy atom. The molecule has 0 bridgehead atoms. The Hall–Kier alpha value is -2.14. The molecular weight excluding hydrogens is 344 g/mol. The van der Waals surface area contributed by atoms with E-state index >= 15 is 0 Å². The van der Waals surface area contributed by atoms with Gasteiger partial charge in [-0.05, 0) is 36.8 Å². The Morgan fingerprint density at radius 2 is 2.00 bits per heavy atom. The van der Waals surface area contributed by atoms with Crippen molar-refractivity contribution in [2.24, 2.45) is 0 Å². The smallest absolute Gasteiger partial charge is 0.254 e. The van der Waals surface area contributed by atoms with Gasteiger partial charge in [0.25, 0.3) is 5.91 Å². The van der Waals surface area contributed by atoms with E-state index in [4.69, 9.17) is 4.42 Å². The quantitative estimate of drug-likeness (QED) is 0.418. The first-order valence-corrected chi connectivity index (χ1v) is 10.3. The van der Waals surface area contributed by atoms with Crippen LogP contribution in [0.3, 0.4) is 0 Å².